The zero-order valence-corrected chi connectivity index (χ0v) is 13.2. The Labute approximate surface area is 121 Å². The summed E-state index contributed by atoms with van der Waals surface area (Å²) in [6, 6.07) is -0.225. The number of nitrogens with zero attached hydrogens (tertiary/aromatic N) is 1. The predicted octanol–water partition coefficient (Wildman–Crippen LogP) is 1.80. The number of rotatable bonds is 9. The van der Waals surface area contributed by atoms with E-state index in [1.165, 1.54) is 0 Å². The number of carbonyl (C=O) groups is 2. The molecule has 0 aromatic carbocycles. The van der Waals surface area contributed by atoms with E-state index in [2.05, 4.69) is 5.32 Å². The van der Waals surface area contributed by atoms with Crippen LogP contribution in [0, 0.1) is 11.8 Å². The molecular weight excluding hydrogens is 260 g/mol. The molecule has 118 valence electrons. The maximum atomic E-state index is 11.9. The van der Waals surface area contributed by atoms with Crippen molar-refractivity contribution < 1.29 is 19.4 Å². The molecule has 0 saturated carbocycles. The van der Waals surface area contributed by atoms with Crippen LogP contribution in [0.1, 0.15) is 33.6 Å². The van der Waals surface area contributed by atoms with Gasteiger partial charge in [0.15, 0.2) is 0 Å². The number of aliphatic carboxylic acids is 1. The molecule has 6 nitrogen and oxygen atoms in total. The first kappa shape index (κ1) is 18.7. The Morgan fingerprint density at radius 3 is 2.35 bits per heavy atom. The molecule has 2 atom stereocenters. The molecule has 0 aromatic heterocycles. The maximum Gasteiger partial charge on any atom is 0.317 e. The SMILES string of the molecule is COCC(C)N(C)C(=O)NCC(CC(=O)O)CC(C)C. The second kappa shape index (κ2) is 9.58. The summed E-state index contributed by atoms with van der Waals surface area (Å²) >= 11 is 0. The van der Waals surface area contributed by atoms with Crippen LogP contribution >= 0.6 is 0 Å². The first-order valence-electron chi connectivity index (χ1n) is 6.99. The van der Waals surface area contributed by atoms with Crippen LogP contribution in [-0.2, 0) is 9.53 Å². The molecule has 2 unspecified atom stereocenters. The molecule has 0 aliphatic rings. The molecular formula is C14H28N2O4. The molecule has 20 heavy (non-hydrogen) atoms. The first-order valence-corrected chi connectivity index (χ1v) is 6.99. The van der Waals surface area contributed by atoms with Gasteiger partial charge in [0.25, 0.3) is 0 Å². The lowest BCUT2D eigenvalue weighted by molar-refractivity contribution is -0.138. The van der Waals surface area contributed by atoms with Crippen LogP contribution in [0.2, 0.25) is 0 Å². The smallest absolute Gasteiger partial charge is 0.317 e. The summed E-state index contributed by atoms with van der Waals surface area (Å²) < 4.78 is 5.01. The number of methoxy groups -OCH3 is 1. The Morgan fingerprint density at radius 1 is 1.30 bits per heavy atom. The molecule has 2 N–H and O–H groups in total. The van der Waals surface area contributed by atoms with Crippen LogP contribution in [0.5, 0.6) is 0 Å². The summed E-state index contributed by atoms with van der Waals surface area (Å²) in [7, 11) is 3.29. The van der Waals surface area contributed by atoms with Crippen molar-refractivity contribution in [1.29, 1.82) is 0 Å². The van der Waals surface area contributed by atoms with Crippen LogP contribution in [0.15, 0.2) is 0 Å². The Morgan fingerprint density at radius 2 is 1.90 bits per heavy atom. The zero-order chi connectivity index (χ0) is 15.7. The highest BCUT2D eigenvalue weighted by Gasteiger charge is 2.19. The number of ether oxygens (including phenoxy) is 1. The summed E-state index contributed by atoms with van der Waals surface area (Å²) in [5.41, 5.74) is 0. The lowest BCUT2D eigenvalue weighted by Crippen LogP contribution is -2.45. The van der Waals surface area contributed by atoms with Gasteiger partial charge in [0.2, 0.25) is 0 Å². The van der Waals surface area contributed by atoms with Crippen molar-refractivity contribution in [3.8, 4) is 0 Å². The van der Waals surface area contributed by atoms with E-state index < -0.39 is 5.97 Å². The lowest BCUT2D eigenvalue weighted by Gasteiger charge is -2.26. The van der Waals surface area contributed by atoms with Gasteiger partial charge < -0.3 is 20.1 Å². The van der Waals surface area contributed by atoms with Gasteiger partial charge in [-0.25, -0.2) is 4.79 Å². The number of hydrogen-bond acceptors (Lipinski definition) is 3. The molecule has 0 fully saturated rings. The van der Waals surface area contributed by atoms with Gasteiger partial charge in [0, 0.05) is 27.1 Å². The van der Waals surface area contributed by atoms with Crippen LogP contribution in [0.25, 0.3) is 0 Å². The standard InChI is InChI=1S/C14H28N2O4/c1-10(2)6-12(7-13(17)18)8-15-14(19)16(4)11(3)9-20-5/h10-12H,6-9H2,1-5H3,(H,15,19)(H,17,18). The molecule has 6 heteroatoms. The van der Waals surface area contributed by atoms with E-state index in [1.54, 1.807) is 19.1 Å². The minimum Gasteiger partial charge on any atom is -0.481 e. The Bertz CT molecular complexity index is 308. The lowest BCUT2D eigenvalue weighted by atomic mass is 9.94. The molecule has 0 spiro atoms. The van der Waals surface area contributed by atoms with Gasteiger partial charge in [-0.05, 0) is 25.2 Å². The average Bonchev–Trinajstić information content (AvgIpc) is 2.33. The highest BCUT2D eigenvalue weighted by Crippen LogP contribution is 2.14. The zero-order valence-electron chi connectivity index (χ0n) is 13.2. The van der Waals surface area contributed by atoms with Gasteiger partial charge in [0.05, 0.1) is 12.6 Å². The van der Waals surface area contributed by atoms with Crippen molar-refractivity contribution >= 4 is 12.0 Å². The third-order valence-electron chi connectivity index (χ3n) is 3.20. The van der Waals surface area contributed by atoms with E-state index in [1.807, 2.05) is 20.8 Å². The Hall–Kier alpha value is -1.30. The Balaban J connectivity index is 4.31. The van der Waals surface area contributed by atoms with Crippen molar-refractivity contribution in [2.45, 2.75) is 39.7 Å². The van der Waals surface area contributed by atoms with Crippen LogP contribution in [0.3, 0.4) is 0 Å². The van der Waals surface area contributed by atoms with E-state index in [4.69, 9.17) is 9.84 Å². The number of likely N-dealkylation sites (N-methyl/N-ethyl adjacent to an activating group) is 1. The molecule has 0 aliphatic carbocycles. The number of amides is 2. The number of carboxylic acids is 1. The predicted molar refractivity (Wildman–Crippen MR) is 77.7 cm³/mol. The maximum absolute atomic E-state index is 11.9. The topological polar surface area (TPSA) is 78.9 Å². The fourth-order valence-corrected chi connectivity index (χ4v) is 2.06. The molecule has 0 aliphatic heterocycles. The summed E-state index contributed by atoms with van der Waals surface area (Å²) in [5, 5.41) is 11.7. The van der Waals surface area contributed by atoms with Crippen molar-refractivity contribution in [3.05, 3.63) is 0 Å². The van der Waals surface area contributed by atoms with E-state index in [0.29, 0.717) is 19.1 Å². The minimum absolute atomic E-state index is 0.0250. The minimum atomic E-state index is -0.828. The molecule has 0 heterocycles. The van der Waals surface area contributed by atoms with E-state index in [0.717, 1.165) is 6.42 Å². The van der Waals surface area contributed by atoms with E-state index >= 15 is 0 Å². The molecule has 0 aromatic rings. The third-order valence-corrected chi connectivity index (χ3v) is 3.20. The fraction of sp³-hybridized carbons (Fsp3) is 0.857. The molecule has 2 amide bonds. The average molecular weight is 288 g/mol. The van der Waals surface area contributed by atoms with Gasteiger partial charge in [-0.15, -0.1) is 0 Å². The van der Waals surface area contributed by atoms with Crippen LogP contribution in [-0.4, -0.2) is 55.4 Å². The van der Waals surface area contributed by atoms with E-state index in [9.17, 15) is 9.59 Å². The summed E-state index contributed by atoms with van der Waals surface area (Å²) in [6.45, 7) is 6.83. The number of nitrogens with one attached hydrogen (secondary N) is 1. The van der Waals surface area contributed by atoms with Crippen molar-refractivity contribution in [3.63, 3.8) is 0 Å². The van der Waals surface area contributed by atoms with Crippen molar-refractivity contribution in [2.75, 3.05) is 27.3 Å². The van der Waals surface area contributed by atoms with Gasteiger partial charge in [-0.2, -0.15) is 0 Å². The second-order valence-electron chi connectivity index (χ2n) is 5.69. The second-order valence-corrected chi connectivity index (χ2v) is 5.69. The molecule has 0 bridgehead atoms. The normalized spacial score (nSPS) is 13.9. The fourth-order valence-electron chi connectivity index (χ4n) is 2.06. The largest absolute Gasteiger partial charge is 0.481 e. The third kappa shape index (κ3) is 7.99. The van der Waals surface area contributed by atoms with Gasteiger partial charge in [0.1, 0.15) is 0 Å². The summed E-state index contributed by atoms with van der Waals surface area (Å²) in [6.07, 6.45) is 0.861. The summed E-state index contributed by atoms with van der Waals surface area (Å²) in [4.78, 5) is 24.3. The highest BCUT2D eigenvalue weighted by atomic mass is 16.5. The summed E-state index contributed by atoms with van der Waals surface area (Å²) in [5.74, 6) is -0.463. The Kier molecular flexibility index (Phi) is 8.96. The van der Waals surface area contributed by atoms with Crippen LogP contribution < -0.4 is 5.32 Å². The molecule has 0 saturated heterocycles. The van der Waals surface area contributed by atoms with Crippen LogP contribution in [0.4, 0.5) is 4.79 Å². The van der Waals surface area contributed by atoms with Crippen molar-refractivity contribution in [2.24, 2.45) is 11.8 Å². The van der Waals surface area contributed by atoms with E-state index in [-0.39, 0.29) is 24.4 Å². The molecule has 0 rings (SSSR count). The number of urea groups is 1. The number of hydrogen-bond donors (Lipinski definition) is 2. The monoisotopic (exact) mass is 288 g/mol. The quantitative estimate of drug-likeness (QED) is 0.678. The van der Waals surface area contributed by atoms with Gasteiger partial charge in [-0.3, -0.25) is 4.79 Å². The van der Waals surface area contributed by atoms with Gasteiger partial charge >= 0.3 is 12.0 Å². The molecule has 0 radical (unpaired) electrons. The highest BCUT2D eigenvalue weighted by molar-refractivity contribution is 5.74. The number of carboxylic acid groups (broad SMARTS) is 1. The number of carbonyl (C=O) groups excluding carboxylic acids is 1. The van der Waals surface area contributed by atoms with Gasteiger partial charge in [-0.1, -0.05) is 13.8 Å². The van der Waals surface area contributed by atoms with Crippen molar-refractivity contribution in [1.82, 2.24) is 10.2 Å². The first-order chi connectivity index (χ1) is 9.27.